The second kappa shape index (κ2) is 6.38. The van der Waals surface area contributed by atoms with Crippen molar-refractivity contribution in [1.29, 1.82) is 0 Å². The van der Waals surface area contributed by atoms with Gasteiger partial charge >= 0.3 is 0 Å². The summed E-state index contributed by atoms with van der Waals surface area (Å²) in [6, 6.07) is 5.48. The minimum Gasteiger partial charge on any atom is -0.409 e. The number of rotatable bonds is 4. The second-order valence-corrected chi connectivity index (χ2v) is 4.99. The first-order valence-corrected chi connectivity index (χ1v) is 6.70. The average molecular weight is 276 g/mol. The molecule has 0 aromatic heterocycles. The van der Waals surface area contributed by atoms with Gasteiger partial charge in [-0.15, -0.1) is 0 Å². The smallest absolute Gasteiger partial charge is 0.237 e. The molecule has 1 saturated heterocycles. The third kappa shape index (κ3) is 3.27. The predicted molar refractivity (Wildman–Crippen MR) is 76.6 cm³/mol. The Morgan fingerprint density at radius 3 is 3.05 bits per heavy atom. The number of hydrogen-bond acceptors (Lipinski definition) is 4. The van der Waals surface area contributed by atoms with E-state index < -0.39 is 0 Å². The Balaban J connectivity index is 2.01. The molecule has 1 amide bonds. The lowest BCUT2D eigenvalue weighted by molar-refractivity contribution is -0.124. The highest BCUT2D eigenvalue weighted by Gasteiger charge is 2.21. The van der Waals surface area contributed by atoms with Gasteiger partial charge in [-0.3, -0.25) is 4.79 Å². The summed E-state index contributed by atoms with van der Waals surface area (Å²) in [5.41, 5.74) is 8.37. The van der Waals surface area contributed by atoms with E-state index in [1.54, 1.807) is 6.07 Å². The number of nitrogens with zero attached hydrogens (tertiary/aromatic N) is 1. The van der Waals surface area contributed by atoms with Crippen molar-refractivity contribution in [1.82, 2.24) is 10.6 Å². The average Bonchev–Trinajstić information content (AvgIpc) is 2.46. The largest absolute Gasteiger partial charge is 0.409 e. The normalized spacial score (nSPS) is 19.8. The van der Waals surface area contributed by atoms with Crippen molar-refractivity contribution in [2.24, 2.45) is 10.9 Å². The zero-order chi connectivity index (χ0) is 14.5. The molecule has 2 rings (SSSR count). The highest BCUT2D eigenvalue weighted by Crippen LogP contribution is 2.12. The molecule has 1 aliphatic rings. The van der Waals surface area contributed by atoms with Crippen LogP contribution in [0, 0.1) is 6.92 Å². The molecule has 20 heavy (non-hydrogen) atoms. The Morgan fingerprint density at radius 2 is 2.40 bits per heavy atom. The summed E-state index contributed by atoms with van der Waals surface area (Å²) in [6.07, 6.45) is 1.87. The molecule has 5 N–H and O–H groups in total. The quantitative estimate of drug-likeness (QED) is 0.278. The minimum absolute atomic E-state index is 0.0715. The summed E-state index contributed by atoms with van der Waals surface area (Å²) in [5.74, 6) is 0.168. The van der Waals surface area contributed by atoms with Crippen LogP contribution in [0.25, 0.3) is 0 Å². The molecule has 0 saturated carbocycles. The van der Waals surface area contributed by atoms with Crippen molar-refractivity contribution in [2.45, 2.75) is 32.4 Å². The molecule has 1 aromatic carbocycles. The Bertz CT molecular complexity index is 528. The van der Waals surface area contributed by atoms with Crippen LogP contribution in [0.2, 0.25) is 0 Å². The maximum atomic E-state index is 11.6. The van der Waals surface area contributed by atoms with Crippen LogP contribution in [0.1, 0.15) is 29.5 Å². The van der Waals surface area contributed by atoms with Gasteiger partial charge in [0.05, 0.1) is 6.04 Å². The molecule has 0 bridgehead atoms. The van der Waals surface area contributed by atoms with Crippen LogP contribution in [0.15, 0.2) is 23.4 Å². The summed E-state index contributed by atoms with van der Waals surface area (Å²) in [7, 11) is 0. The van der Waals surface area contributed by atoms with Gasteiger partial charge in [0.25, 0.3) is 0 Å². The molecular weight excluding hydrogens is 256 g/mol. The maximum Gasteiger partial charge on any atom is 0.237 e. The van der Waals surface area contributed by atoms with E-state index in [1.165, 1.54) is 0 Å². The molecule has 6 heteroatoms. The van der Waals surface area contributed by atoms with E-state index >= 15 is 0 Å². The fourth-order valence-electron chi connectivity index (χ4n) is 2.31. The number of nitrogens with one attached hydrogen (secondary N) is 2. The Labute approximate surface area is 118 Å². The number of piperidine rings is 1. The number of carbonyl (C=O) groups excluding carboxylic acids is 1. The van der Waals surface area contributed by atoms with E-state index in [9.17, 15) is 4.79 Å². The van der Waals surface area contributed by atoms with Crippen LogP contribution in [-0.2, 0) is 11.3 Å². The number of amidine groups is 1. The van der Waals surface area contributed by atoms with Gasteiger partial charge in [-0.2, -0.15) is 0 Å². The van der Waals surface area contributed by atoms with Crippen LogP contribution >= 0.6 is 0 Å². The van der Waals surface area contributed by atoms with E-state index in [0.29, 0.717) is 12.1 Å². The molecule has 1 aliphatic heterocycles. The van der Waals surface area contributed by atoms with Gasteiger partial charge in [-0.25, -0.2) is 0 Å². The lowest BCUT2D eigenvalue weighted by Crippen LogP contribution is -2.47. The molecule has 0 spiro atoms. The standard InChI is InChI=1S/C14H20N4O2/c1-9-7-10(13(15)18-20)4-5-11(9)8-17-12-3-2-6-16-14(12)19/h4-5,7,12,17,20H,2-3,6,8H2,1H3,(H2,15,18)(H,16,19). The highest BCUT2D eigenvalue weighted by atomic mass is 16.4. The zero-order valence-corrected chi connectivity index (χ0v) is 11.5. The maximum absolute atomic E-state index is 11.6. The van der Waals surface area contributed by atoms with Gasteiger partial charge < -0.3 is 21.6 Å². The molecule has 1 atom stereocenters. The van der Waals surface area contributed by atoms with E-state index in [4.69, 9.17) is 10.9 Å². The molecule has 1 fully saturated rings. The zero-order valence-electron chi connectivity index (χ0n) is 11.5. The molecular formula is C14H20N4O2. The molecule has 1 unspecified atom stereocenters. The fourth-order valence-corrected chi connectivity index (χ4v) is 2.31. The molecule has 6 nitrogen and oxygen atoms in total. The third-order valence-electron chi connectivity index (χ3n) is 3.57. The van der Waals surface area contributed by atoms with E-state index in [-0.39, 0.29) is 17.8 Å². The van der Waals surface area contributed by atoms with Crippen molar-refractivity contribution in [3.05, 3.63) is 34.9 Å². The number of oxime groups is 1. The van der Waals surface area contributed by atoms with E-state index in [1.807, 2.05) is 19.1 Å². The first kappa shape index (κ1) is 14.3. The van der Waals surface area contributed by atoms with Crippen molar-refractivity contribution in [3.8, 4) is 0 Å². The van der Waals surface area contributed by atoms with E-state index in [0.717, 1.165) is 30.5 Å². The molecule has 1 heterocycles. The molecule has 108 valence electrons. The second-order valence-electron chi connectivity index (χ2n) is 4.99. The summed E-state index contributed by atoms with van der Waals surface area (Å²) in [5, 5.41) is 17.8. The Kier molecular flexibility index (Phi) is 4.57. The summed E-state index contributed by atoms with van der Waals surface area (Å²) in [4.78, 5) is 11.6. The first-order valence-electron chi connectivity index (χ1n) is 6.70. The number of benzene rings is 1. The molecule has 0 aliphatic carbocycles. The van der Waals surface area contributed by atoms with Crippen molar-refractivity contribution >= 4 is 11.7 Å². The van der Waals surface area contributed by atoms with Crippen LogP contribution in [0.3, 0.4) is 0 Å². The first-order chi connectivity index (χ1) is 9.61. The van der Waals surface area contributed by atoms with E-state index in [2.05, 4.69) is 15.8 Å². The summed E-state index contributed by atoms with van der Waals surface area (Å²) in [6.45, 7) is 3.36. The number of aryl methyl sites for hydroxylation is 1. The van der Waals surface area contributed by atoms with Crippen LogP contribution in [-0.4, -0.2) is 29.5 Å². The lowest BCUT2D eigenvalue weighted by Gasteiger charge is -2.23. The van der Waals surface area contributed by atoms with Crippen LogP contribution in [0.5, 0.6) is 0 Å². The molecule has 1 aromatic rings. The van der Waals surface area contributed by atoms with Crippen LogP contribution < -0.4 is 16.4 Å². The van der Waals surface area contributed by atoms with Crippen molar-refractivity contribution < 1.29 is 10.0 Å². The Morgan fingerprint density at radius 1 is 1.60 bits per heavy atom. The molecule has 0 radical (unpaired) electrons. The van der Waals surface area contributed by atoms with Gasteiger partial charge in [-0.05, 0) is 37.0 Å². The van der Waals surface area contributed by atoms with Gasteiger partial charge in [0.2, 0.25) is 5.91 Å². The van der Waals surface area contributed by atoms with Gasteiger partial charge in [0.15, 0.2) is 5.84 Å². The topological polar surface area (TPSA) is 99.7 Å². The number of nitrogens with two attached hydrogens (primary N) is 1. The SMILES string of the molecule is Cc1cc(/C(N)=N/O)ccc1CNC1CCCNC1=O. The van der Waals surface area contributed by atoms with Gasteiger partial charge in [0.1, 0.15) is 0 Å². The monoisotopic (exact) mass is 276 g/mol. The van der Waals surface area contributed by atoms with Crippen molar-refractivity contribution in [3.63, 3.8) is 0 Å². The number of amides is 1. The minimum atomic E-state index is -0.119. The van der Waals surface area contributed by atoms with Gasteiger partial charge in [0, 0.05) is 18.7 Å². The Hall–Kier alpha value is -2.08. The van der Waals surface area contributed by atoms with Crippen molar-refractivity contribution in [2.75, 3.05) is 6.54 Å². The van der Waals surface area contributed by atoms with Gasteiger partial charge in [-0.1, -0.05) is 17.3 Å². The third-order valence-corrected chi connectivity index (χ3v) is 3.57. The summed E-state index contributed by atoms with van der Waals surface area (Å²) < 4.78 is 0. The number of carbonyl (C=O) groups is 1. The lowest BCUT2D eigenvalue weighted by atomic mass is 10.0. The predicted octanol–water partition coefficient (Wildman–Crippen LogP) is 0.458. The van der Waals surface area contributed by atoms with Crippen LogP contribution in [0.4, 0.5) is 0 Å². The summed E-state index contributed by atoms with van der Waals surface area (Å²) >= 11 is 0. The highest BCUT2D eigenvalue weighted by molar-refractivity contribution is 5.97. The fraction of sp³-hybridized carbons (Fsp3) is 0.429. The number of hydrogen-bond donors (Lipinski definition) is 4.